The van der Waals surface area contributed by atoms with Crippen LogP contribution in [0, 0.1) is 11.8 Å². The first-order chi connectivity index (χ1) is 8.90. The van der Waals surface area contributed by atoms with Gasteiger partial charge in [0.1, 0.15) is 5.82 Å². The number of nitrogens with two attached hydrogens (primary N) is 1. The number of anilines is 2. The van der Waals surface area contributed by atoms with E-state index in [0.29, 0.717) is 12.0 Å². The van der Waals surface area contributed by atoms with Crippen molar-refractivity contribution in [3.05, 3.63) is 5.69 Å². The molecule has 0 aliphatic heterocycles. The molecule has 19 heavy (non-hydrogen) atoms. The van der Waals surface area contributed by atoms with Gasteiger partial charge in [0.15, 0.2) is 0 Å². The Morgan fingerprint density at radius 3 is 2.47 bits per heavy atom. The zero-order valence-electron chi connectivity index (χ0n) is 12.9. The highest BCUT2D eigenvalue weighted by atomic mass is 15.3. The van der Waals surface area contributed by atoms with Gasteiger partial charge in [0.25, 0.3) is 0 Å². The number of aryl methyl sites for hydroxylation is 1. The first kappa shape index (κ1) is 14.2. The van der Waals surface area contributed by atoms with Gasteiger partial charge in [-0.1, -0.05) is 27.7 Å². The monoisotopic (exact) mass is 264 g/mol. The van der Waals surface area contributed by atoms with E-state index in [2.05, 4.69) is 38.1 Å². The fourth-order valence-electron chi connectivity index (χ4n) is 3.03. The Hall–Kier alpha value is -1.19. The maximum atomic E-state index is 6.24. The molecule has 0 saturated heterocycles. The topological polar surface area (TPSA) is 55.9 Å². The highest BCUT2D eigenvalue weighted by Crippen LogP contribution is 2.33. The molecule has 0 amide bonds. The van der Waals surface area contributed by atoms with Crippen molar-refractivity contribution in [3.8, 4) is 0 Å². The zero-order chi connectivity index (χ0) is 14.2. The predicted molar refractivity (Wildman–Crippen MR) is 81.3 cm³/mol. The van der Waals surface area contributed by atoms with Crippen molar-refractivity contribution in [2.24, 2.45) is 18.9 Å². The molecule has 3 atom stereocenters. The average molecular weight is 264 g/mol. The van der Waals surface area contributed by atoms with Crippen LogP contribution in [0.5, 0.6) is 0 Å². The maximum Gasteiger partial charge on any atom is 0.148 e. The summed E-state index contributed by atoms with van der Waals surface area (Å²) in [7, 11) is 1.97. The van der Waals surface area contributed by atoms with Crippen molar-refractivity contribution >= 4 is 11.5 Å². The molecule has 3 N–H and O–H groups in total. The molecule has 1 saturated carbocycles. The molecule has 1 heterocycles. The van der Waals surface area contributed by atoms with Crippen LogP contribution < -0.4 is 11.1 Å². The minimum atomic E-state index is 0.368. The summed E-state index contributed by atoms with van der Waals surface area (Å²) in [4.78, 5) is 0. The fourth-order valence-corrected chi connectivity index (χ4v) is 3.03. The molecular formula is C15H28N4. The SMILES string of the molecule is CC(C)c1nn(C)c(NC2CCC(C)C(C)C2)c1N. The highest BCUT2D eigenvalue weighted by Gasteiger charge is 2.26. The van der Waals surface area contributed by atoms with Crippen LogP contribution in [0.25, 0.3) is 0 Å². The molecule has 1 aliphatic carbocycles. The van der Waals surface area contributed by atoms with E-state index in [-0.39, 0.29) is 0 Å². The van der Waals surface area contributed by atoms with Crippen LogP contribution in [0.1, 0.15) is 58.6 Å². The normalized spacial score (nSPS) is 27.8. The number of nitrogens with one attached hydrogen (secondary N) is 1. The maximum absolute atomic E-state index is 6.24. The molecule has 108 valence electrons. The first-order valence-electron chi connectivity index (χ1n) is 7.49. The zero-order valence-corrected chi connectivity index (χ0v) is 12.9. The lowest BCUT2D eigenvalue weighted by molar-refractivity contribution is 0.260. The molecule has 2 rings (SSSR count). The van der Waals surface area contributed by atoms with Crippen molar-refractivity contribution in [3.63, 3.8) is 0 Å². The Labute approximate surface area is 116 Å². The number of nitrogens with zero attached hydrogens (tertiary/aromatic N) is 2. The Morgan fingerprint density at radius 2 is 1.95 bits per heavy atom. The van der Waals surface area contributed by atoms with E-state index in [0.717, 1.165) is 29.0 Å². The lowest BCUT2D eigenvalue weighted by Gasteiger charge is -2.33. The Balaban J connectivity index is 2.11. The van der Waals surface area contributed by atoms with Crippen molar-refractivity contribution in [2.75, 3.05) is 11.1 Å². The molecular weight excluding hydrogens is 236 g/mol. The van der Waals surface area contributed by atoms with Crippen LogP contribution in [0.3, 0.4) is 0 Å². The Morgan fingerprint density at radius 1 is 1.26 bits per heavy atom. The summed E-state index contributed by atoms with van der Waals surface area (Å²) < 4.78 is 1.90. The molecule has 1 aliphatic rings. The fraction of sp³-hybridized carbons (Fsp3) is 0.800. The molecule has 4 heteroatoms. The largest absolute Gasteiger partial charge is 0.394 e. The first-order valence-corrected chi connectivity index (χ1v) is 7.49. The second-order valence-electron chi connectivity index (χ2n) is 6.53. The second-order valence-corrected chi connectivity index (χ2v) is 6.53. The third-order valence-corrected chi connectivity index (χ3v) is 4.60. The molecule has 0 aromatic carbocycles. The van der Waals surface area contributed by atoms with E-state index in [9.17, 15) is 0 Å². The van der Waals surface area contributed by atoms with Gasteiger partial charge in [-0.15, -0.1) is 0 Å². The van der Waals surface area contributed by atoms with Gasteiger partial charge >= 0.3 is 0 Å². The van der Waals surface area contributed by atoms with Crippen molar-refractivity contribution in [1.29, 1.82) is 0 Å². The molecule has 3 unspecified atom stereocenters. The summed E-state index contributed by atoms with van der Waals surface area (Å²) in [5, 5.41) is 8.16. The van der Waals surface area contributed by atoms with Crippen molar-refractivity contribution in [2.45, 2.75) is 58.9 Å². The smallest absolute Gasteiger partial charge is 0.148 e. The van der Waals surface area contributed by atoms with Gasteiger partial charge in [-0.25, -0.2) is 0 Å². The summed E-state index contributed by atoms with van der Waals surface area (Å²) >= 11 is 0. The van der Waals surface area contributed by atoms with E-state index in [1.807, 2.05) is 11.7 Å². The molecule has 0 spiro atoms. The van der Waals surface area contributed by atoms with Gasteiger partial charge in [0.05, 0.1) is 11.4 Å². The number of hydrogen-bond donors (Lipinski definition) is 2. The van der Waals surface area contributed by atoms with Gasteiger partial charge < -0.3 is 11.1 Å². The quantitative estimate of drug-likeness (QED) is 0.880. The third-order valence-electron chi connectivity index (χ3n) is 4.60. The molecule has 1 aromatic heterocycles. The summed E-state index contributed by atoms with van der Waals surface area (Å²) in [6, 6.07) is 0.531. The molecule has 0 radical (unpaired) electrons. The van der Waals surface area contributed by atoms with Crippen molar-refractivity contribution < 1.29 is 0 Å². The Kier molecular flexibility index (Phi) is 4.07. The van der Waals surface area contributed by atoms with Crippen LogP contribution in [0.2, 0.25) is 0 Å². The molecule has 0 bridgehead atoms. The Bertz CT molecular complexity index is 436. The molecule has 4 nitrogen and oxygen atoms in total. The summed E-state index contributed by atoms with van der Waals surface area (Å²) in [5.41, 5.74) is 8.06. The number of rotatable bonds is 3. The number of nitrogen functional groups attached to an aromatic ring is 1. The van der Waals surface area contributed by atoms with Gasteiger partial charge in [-0.2, -0.15) is 5.10 Å². The average Bonchev–Trinajstić information content (AvgIpc) is 2.62. The van der Waals surface area contributed by atoms with Crippen LogP contribution in [-0.4, -0.2) is 15.8 Å². The van der Waals surface area contributed by atoms with E-state index in [1.165, 1.54) is 19.3 Å². The van der Waals surface area contributed by atoms with E-state index >= 15 is 0 Å². The van der Waals surface area contributed by atoms with Crippen LogP contribution in [0.4, 0.5) is 11.5 Å². The lowest BCUT2D eigenvalue weighted by Crippen LogP contribution is -2.31. The minimum absolute atomic E-state index is 0.368. The van der Waals surface area contributed by atoms with Gasteiger partial charge in [0, 0.05) is 13.1 Å². The summed E-state index contributed by atoms with van der Waals surface area (Å²) in [5.74, 6) is 2.99. The predicted octanol–water partition coefficient (Wildman–Crippen LogP) is 3.36. The van der Waals surface area contributed by atoms with Gasteiger partial charge in [-0.05, 0) is 37.0 Å². The van der Waals surface area contributed by atoms with Crippen LogP contribution in [-0.2, 0) is 7.05 Å². The highest BCUT2D eigenvalue weighted by molar-refractivity contribution is 5.66. The second kappa shape index (κ2) is 5.43. The standard InChI is InChI=1S/C15H28N4/c1-9(2)14-13(16)15(19(5)18-14)17-12-7-6-10(3)11(4)8-12/h9-12,17H,6-8,16H2,1-5H3. The summed E-state index contributed by atoms with van der Waals surface area (Å²) in [6.07, 6.45) is 3.75. The van der Waals surface area contributed by atoms with E-state index in [4.69, 9.17) is 5.73 Å². The van der Waals surface area contributed by atoms with Crippen molar-refractivity contribution in [1.82, 2.24) is 9.78 Å². The van der Waals surface area contributed by atoms with E-state index in [1.54, 1.807) is 0 Å². The summed E-state index contributed by atoms with van der Waals surface area (Å²) in [6.45, 7) is 8.97. The van der Waals surface area contributed by atoms with E-state index < -0.39 is 0 Å². The minimum Gasteiger partial charge on any atom is -0.394 e. The van der Waals surface area contributed by atoms with Gasteiger partial charge in [0.2, 0.25) is 0 Å². The number of hydrogen-bond acceptors (Lipinski definition) is 3. The molecule has 1 aromatic rings. The van der Waals surface area contributed by atoms with Crippen LogP contribution in [0.15, 0.2) is 0 Å². The molecule has 1 fully saturated rings. The van der Waals surface area contributed by atoms with Gasteiger partial charge in [-0.3, -0.25) is 4.68 Å². The van der Waals surface area contributed by atoms with Crippen LogP contribution >= 0.6 is 0 Å². The third kappa shape index (κ3) is 2.88. The lowest BCUT2D eigenvalue weighted by atomic mass is 9.79. The number of aromatic nitrogens is 2.